The average Bonchev–Trinajstić information content (AvgIpc) is 2.89. The van der Waals surface area contributed by atoms with E-state index in [0.717, 1.165) is 43.8 Å². The number of likely N-dealkylation sites (tertiary alicyclic amines) is 1. The van der Waals surface area contributed by atoms with E-state index in [1.807, 2.05) is 12.1 Å². The molecule has 0 bridgehead atoms. The largest absolute Gasteiger partial charge is 0.418 e. The number of nitrogens with zero attached hydrogens (tertiary/aromatic N) is 4. The molecule has 8 heteroatoms. The van der Waals surface area contributed by atoms with Gasteiger partial charge in [0.1, 0.15) is 11.6 Å². The van der Waals surface area contributed by atoms with Gasteiger partial charge in [-0.25, -0.2) is 9.97 Å². The smallest absolute Gasteiger partial charge is 0.369 e. The van der Waals surface area contributed by atoms with Gasteiger partial charge in [0, 0.05) is 23.7 Å². The molecule has 5 nitrogen and oxygen atoms in total. The van der Waals surface area contributed by atoms with Crippen molar-refractivity contribution in [2.75, 3.05) is 25.0 Å². The van der Waals surface area contributed by atoms with E-state index in [9.17, 15) is 13.2 Å². The molecule has 4 aromatic rings. The Kier molecular flexibility index (Phi) is 7.37. The van der Waals surface area contributed by atoms with Crippen molar-refractivity contribution in [2.45, 2.75) is 45.3 Å². The fourth-order valence-corrected chi connectivity index (χ4v) is 4.92. The predicted molar refractivity (Wildman–Crippen MR) is 140 cm³/mol. The molecule has 3 heterocycles. The molecule has 2 aromatic heterocycles. The Labute approximate surface area is 214 Å². The first-order valence-electron chi connectivity index (χ1n) is 12.7. The van der Waals surface area contributed by atoms with E-state index >= 15 is 0 Å². The fourth-order valence-electron chi connectivity index (χ4n) is 4.92. The highest BCUT2D eigenvalue weighted by Gasteiger charge is 2.34. The number of benzene rings is 2. The standard InChI is InChI=1S/C29H30F3N5/c1-20-8-3-4-9-21(20)13-15-34-28-23-12-11-22(27-24(29(30,31)32)10-7-14-33-27)18-25(23)35-26(36-28)19-37-16-5-2-6-17-37/h3-4,7-12,14,18H,2,5-6,13,15-17,19H2,1H3,(H,34,35,36). The van der Waals surface area contributed by atoms with Crippen molar-refractivity contribution in [3.05, 3.63) is 83.3 Å². The maximum absolute atomic E-state index is 13.7. The molecule has 0 amide bonds. The van der Waals surface area contributed by atoms with Crippen LogP contribution in [-0.4, -0.2) is 39.5 Å². The van der Waals surface area contributed by atoms with Crippen LogP contribution in [0.2, 0.25) is 0 Å². The first kappa shape index (κ1) is 25.1. The lowest BCUT2D eigenvalue weighted by molar-refractivity contribution is -0.137. The third-order valence-electron chi connectivity index (χ3n) is 6.89. The highest BCUT2D eigenvalue weighted by molar-refractivity contribution is 5.92. The minimum atomic E-state index is -4.49. The molecule has 0 unspecified atom stereocenters. The molecule has 1 saturated heterocycles. The average molecular weight is 506 g/mol. The fraction of sp³-hybridized carbons (Fsp3) is 0.345. The van der Waals surface area contributed by atoms with Crippen molar-refractivity contribution in [3.63, 3.8) is 0 Å². The maximum Gasteiger partial charge on any atom is 0.418 e. The second-order valence-corrected chi connectivity index (χ2v) is 9.56. The minimum absolute atomic E-state index is 0.0952. The summed E-state index contributed by atoms with van der Waals surface area (Å²) in [6, 6.07) is 15.8. The van der Waals surface area contributed by atoms with Crippen LogP contribution >= 0.6 is 0 Å². The van der Waals surface area contributed by atoms with Gasteiger partial charge in [-0.15, -0.1) is 0 Å². The monoisotopic (exact) mass is 505 g/mol. The first-order valence-corrected chi connectivity index (χ1v) is 12.7. The summed E-state index contributed by atoms with van der Waals surface area (Å²) in [5.41, 5.74) is 2.64. The van der Waals surface area contributed by atoms with E-state index in [2.05, 4.69) is 34.3 Å². The normalized spacial score (nSPS) is 14.7. The molecular weight excluding hydrogens is 475 g/mol. The van der Waals surface area contributed by atoms with Gasteiger partial charge in [-0.05, 0) is 74.7 Å². The van der Waals surface area contributed by atoms with Gasteiger partial charge in [0.15, 0.2) is 0 Å². The summed E-state index contributed by atoms with van der Waals surface area (Å²) in [4.78, 5) is 16.0. The van der Waals surface area contributed by atoms with E-state index in [4.69, 9.17) is 9.97 Å². The minimum Gasteiger partial charge on any atom is -0.369 e. The molecule has 37 heavy (non-hydrogen) atoms. The number of piperidine rings is 1. The zero-order chi connectivity index (χ0) is 25.8. The number of nitrogens with one attached hydrogen (secondary N) is 1. The van der Waals surface area contributed by atoms with Crippen molar-refractivity contribution in [3.8, 4) is 11.3 Å². The molecule has 0 radical (unpaired) electrons. The number of anilines is 1. The number of aromatic nitrogens is 3. The van der Waals surface area contributed by atoms with Crippen molar-refractivity contribution in [1.82, 2.24) is 19.9 Å². The second kappa shape index (κ2) is 10.8. The van der Waals surface area contributed by atoms with Crippen LogP contribution in [0, 0.1) is 6.92 Å². The van der Waals surface area contributed by atoms with Crippen LogP contribution < -0.4 is 5.32 Å². The zero-order valence-corrected chi connectivity index (χ0v) is 20.9. The third kappa shape index (κ3) is 5.91. The molecule has 2 aromatic carbocycles. The molecule has 1 N–H and O–H groups in total. The quantitative estimate of drug-likeness (QED) is 0.304. The van der Waals surface area contributed by atoms with Gasteiger partial charge in [-0.1, -0.05) is 36.8 Å². The molecular formula is C29H30F3N5. The molecule has 1 aliphatic rings. The Hall–Kier alpha value is -3.52. The number of alkyl halides is 3. The summed E-state index contributed by atoms with van der Waals surface area (Å²) < 4.78 is 41.0. The molecule has 192 valence electrons. The number of fused-ring (bicyclic) bond motifs is 1. The van der Waals surface area contributed by atoms with Crippen molar-refractivity contribution in [2.24, 2.45) is 0 Å². The lowest BCUT2D eigenvalue weighted by Crippen LogP contribution is -2.30. The van der Waals surface area contributed by atoms with E-state index in [0.29, 0.717) is 35.8 Å². The van der Waals surface area contributed by atoms with Crippen LogP contribution in [0.3, 0.4) is 0 Å². The summed E-state index contributed by atoms with van der Waals surface area (Å²) >= 11 is 0. The first-order chi connectivity index (χ1) is 17.9. The molecule has 0 aliphatic carbocycles. The van der Waals surface area contributed by atoms with Crippen molar-refractivity contribution < 1.29 is 13.2 Å². The van der Waals surface area contributed by atoms with Gasteiger partial charge in [-0.3, -0.25) is 9.88 Å². The van der Waals surface area contributed by atoms with Gasteiger partial charge in [-0.2, -0.15) is 13.2 Å². The van der Waals surface area contributed by atoms with E-state index in [1.54, 1.807) is 18.2 Å². The molecule has 1 fully saturated rings. The molecule has 0 spiro atoms. The second-order valence-electron chi connectivity index (χ2n) is 9.56. The Morgan fingerprint density at radius 3 is 2.54 bits per heavy atom. The Bertz CT molecular complexity index is 1380. The summed E-state index contributed by atoms with van der Waals surface area (Å²) in [5.74, 6) is 1.37. The molecule has 0 atom stereocenters. The Balaban J connectivity index is 1.50. The summed E-state index contributed by atoms with van der Waals surface area (Å²) in [6.07, 6.45) is 1.26. The predicted octanol–water partition coefficient (Wildman–Crippen LogP) is 6.66. The highest BCUT2D eigenvalue weighted by Crippen LogP contribution is 2.36. The van der Waals surface area contributed by atoms with Gasteiger partial charge in [0.25, 0.3) is 0 Å². The SMILES string of the molecule is Cc1ccccc1CCNc1nc(CN2CCCCC2)nc2cc(-c3ncccc3C(F)(F)F)ccc12. The van der Waals surface area contributed by atoms with Crippen LogP contribution in [0.4, 0.5) is 19.0 Å². The molecule has 0 saturated carbocycles. The third-order valence-corrected chi connectivity index (χ3v) is 6.89. The number of aryl methyl sites for hydroxylation is 1. The summed E-state index contributed by atoms with van der Waals surface area (Å²) in [5, 5.41) is 4.25. The Morgan fingerprint density at radius 2 is 1.76 bits per heavy atom. The zero-order valence-electron chi connectivity index (χ0n) is 20.9. The number of pyridine rings is 1. The molecule has 1 aliphatic heterocycles. The van der Waals surface area contributed by atoms with Crippen LogP contribution in [0.25, 0.3) is 22.2 Å². The van der Waals surface area contributed by atoms with Crippen LogP contribution in [0.1, 0.15) is 41.8 Å². The van der Waals surface area contributed by atoms with Crippen LogP contribution in [-0.2, 0) is 19.1 Å². The number of rotatable bonds is 7. The maximum atomic E-state index is 13.7. The van der Waals surface area contributed by atoms with Crippen LogP contribution in [0.15, 0.2) is 60.8 Å². The Morgan fingerprint density at radius 1 is 0.946 bits per heavy atom. The lowest BCUT2D eigenvalue weighted by Gasteiger charge is -2.25. The van der Waals surface area contributed by atoms with Crippen LogP contribution in [0.5, 0.6) is 0 Å². The number of halogens is 3. The van der Waals surface area contributed by atoms with Gasteiger partial charge < -0.3 is 5.32 Å². The number of hydrogen-bond donors (Lipinski definition) is 1. The van der Waals surface area contributed by atoms with Gasteiger partial charge in [0.2, 0.25) is 0 Å². The highest BCUT2D eigenvalue weighted by atomic mass is 19.4. The summed E-state index contributed by atoms with van der Waals surface area (Å²) in [6.45, 7) is 5.39. The topological polar surface area (TPSA) is 53.9 Å². The summed E-state index contributed by atoms with van der Waals surface area (Å²) in [7, 11) is 0. The van der Waals surface area contributed by atoms with Crippen molar-refractivity contribution in [1.29, 1.82) is 0 Å². The van der Waals surface area contributed by atoms with Gasteiger partial charge in [0.05, 0.1) is 23.3 Å². The van der Waals surface area contributed by atoms with Crippen molar-refractivity contribution >= 4 is 16.7 Å². The lowest BCUT2D eigenvalue weighted by atomic mass is 10.0. The van der Waals surface area contributed by atoms with E-state index < -0.39 is 11.7 Å². The number of hydrogen-bond acceptors (Lipinski definition) is 5. The van der Waals surface area contributed by atoms with Gasteiger partial charge >= 0.3 is 6.18 Å². The molecule has 5 rings (SSSR count). The van der Waals surface area contributed by atoms with E-state index in [1.165, 1.54) is 29.8 Å². The van der Waals surface area contributed by atoms with E-state index in [-0.39, 0.29) is 5.69 Å².